The summed E-state index contributed by atoms with van der Waals surface area (Å²) in [5.74, 6) is 0.627. The van der Waals surface area contributed by atoms with E-state index in [9.17, 15) is 4.79 Å². The minimum Gasteiger partial charge on any atom is -0.335 e. The molecule has 4 nitrogen and oxygen atoms in total. The van der Waals surface area contributed by atoms with Gasteiger partial charge in [0, 0.05) is 25.0 Å². The van der Waals surface area contributed by atoms with Crippen molar-refractivity contribution >= 4 is 5.91 Å². The number of piperidine rings is 1. The molecule has 2 atom stereocenters. The number of nitrogens with one attached hydrogen (secondary N) is 1. The van der Waals surface area contributed by atoms with Gasteiger partial charge in [0.15, 0.2) is 0 Å². The van der Waals surface area contributed by atoms with Gasteiger partial charge in [-0.3, -0.25) is 9.78 Å². The number of rotatable bonds is 4. The number of hydrogen-bond acceptors (Lipinski definition) is 3. The normalized spacial score (nSPS) is 22.8. The Balaban J connectivity index is 2.09. The number of pyridine rings is 1. The van der Waals surface area contributed by atoms with Crippen LogP contribution in [0.25, 0.3) is 0 Å². The zero-order valence-electron chi connectivity index (χ0n) is 12.7. The minimum atomic E-state index is -0.0391. The van der Waals surface area contributed by atoms with Crippen molar-refractivity contribution in [1.82, 2.24) is 15.2 Å². The van der Waals surface area contributed by atoms with Crippen molar-refractivity contribution in [2.45, 2.75) is 52.2 Å². The van der Waals surface area contributed by atoms with Gasteiger partial charge in [-0.2, -0.15) is 0 Å². The summed E-state index contributed by atoms with van der Waals surface area (Å²) in [6.07, 6.45) is 5.88. The highest BCUT2D eigenvalue weighted by Gasteiger charge is 2.31. The molecule has 0 aromatic carbocycles. The first-order valence-electron chi connectivity index (χ1n) is 7.52. The third-order valence-corrected chi connectivity index (χ3v) is 4.02. The predicted molar refractivity (Wildman–Crippen MR) is 80.1 cm³/mol. The summed E-state index contributed by atoms with van der Waals surface area (Å²) in [5, 5.41) is 3.38. The molecule has 0 saturated carbocycles. The van der Waals surface area contributed by atoms with Crippen molar-refractivity contribution in [2.24, 2.45) is 5.92 Å². The van der Waals surface area contributed by atoms with Gasteiger partial charge in [-0.25, -0.2) is 0 Å². The Bertz CT molecular complexity index is 433. The van der Waals surface area contributed by atoms with E-state index in [1.807, 2.05) is 23.2 Å². The second-order valence-corrected chi connectivity index (χ2v) is 5.97. The number of hydrogen-bond donors (Lipinski definition) is 1. The topological polar surface area (TPSA) is 45.2 Å². The Hall–Kier alpha value is -1.42. The van der Waals surface area contributed by atoms with Gasteiger partial charge in [0.1, 0.15) is 0 Å². The van der Waals surface area contributed by atoms with Crippen LogP contribution < -0.4 is 5.32 Å². The number of carbonyl (C=O) groups excluding carboxylic acids is 1. The van der Waals surface area contributed by atoms with Crippen LogP contribution >= 0.6 is 0 Å². The molecule has 1 aliphatic heterocycles. The maximum atomic E-state index is 12.8. The van der Waals surface area contributed by atoms with Gasteiger partial charge >= 0.3 is 0 Å². The number of amides is 1. The summed E-state index contributed by atoms with van der Waals surface area (Å²) in [6, 6.07) is 4.09. The Morgan fingerprint density at radius 1 is 1.55 bits per heavy atom. The highest BCUT2D eigenvalue weighted by Crippen LogP contribution is 2.19. The molecular formula is C16H25N3O. The van der Waals surface area contributed by atoms with Crippen molar-refractivity contribution in [3.05, 3.63) is 30.1 Å². The van der Waals surface area contributed by atoms with E-state index in [-0.39, 0.29) is 18.0 Å². The lowest BCUT2D eigenvalue weighted by molar-refractivity contribution is -0.137. The molecule has 1 aromatic heterocycles. The fourth-order valence-corrected chi connectivity index (χ4v) is 2.76. The molecule has 2 unspecified atom stereocenters. The van der Waals surface area contributed by atoms with Crippen LogP contribution in [0.4, 0.5) is 0 Å². The molecule has 1 amide bonds. The van der Waals surface area contributed by atoms with Crippen LogP contribution in [0.1, 0.15) is 39.2 Å². The molecule has 0 radical (unpaired) electrons. The Morgan fingerprint density at radius 2 is 2.35 bits per heavy atom. The van der Waals surface area contributed by atoms with Crippen LogP contribution in [0.15, 0.2) is 24.5 Å². The van der Waals surface area contributed by atoms with Gasteiger partial charge < -0.3 is 10.2 Å². The van der Waals surface area contributed by atoms with E-state index >= 15 is 0 Å². The molecule has 0 bridgehead atoms. The highest BCUT2D eigenvalue weighted by molar-refractivity contribution is 5.82. The van der Waals surface area contributed by atoms with E-state index in [4.69, 9.17) is 0 Å². The first kappa shape index (κ1) is 15.0. The van der Waals surface area contributed by atoms with E-state index < -0.39 is 0 Å². The van der Waals surface area contributed by atoms with Crippen molar-refractivity contribution in [2.75, 3.05) is 6.54 Å². The highest BCUT2D eigenvalue weighted by atomic mass is 16.2. The summed E-state index contributed by atoms with van der Waals surface area (Å²) in [4.78, 5) is 18.9. The molecule has 1 aromatic rings. The fourth-order valence-electron chi connectivity index (χ4n) is 2.76. The maximum absolute atomic E-state index is 12.8. The second-order valence-electron chi connectivity index (χ2n) is 5.97. The lowest BCUT2D eigenvalue weighted by Crippen LogP contribution is -2.53. The molecular weight excluding hydrogens is 250 g/mol. The lowest BCUT2D eigenvalue weighted by Gasteiger charge is -2.35. The molecule has 110 valence electrons. The van der Waals surface area contributed by atoms with Crippen LogP contribution in [0.3, 0.4) is 0 Å². The lowest BCUT2D eigenvalue weighted by atomic mass is 9.91. The van der Waals surface area contributed by atoms with Crippen molar-refractivity contribution in [3.8, 4) is 0 Å². The molecule has 1 N–H and O–H groups in total. The molecule has 1 saturated heterocycles. The van der Waals surface area contributed by atoms with Crippen LogP contribution in [-0.2, 0) is 11.3 Å². The summed E-state index contributed by atoms with van der Waals surface area (Å²) in [5.41, 5.74) is 1.08. The van der Waals surface area contributed by atoms with Gasteiger partial charge in [-0.1, -0.05) is 13.0 Å². The average molecular weight is 275 g/mol. The fraction of sp³-hybridized carbons (Fsp3) is 0.625. The standard InChI is InChI=1S/C16H25N3O/c1-12(2)19(11-14-7-5-8-17-10-14)16(20)15-13(3)6-4-9-18-15/h5,7-8,10,12-13,15,18H,4,6,9,11H2,1-3H3. The largest absolute Gasteiger partial charge is 0.335 e. The summed E-state index contributed by atoms with van der Waals surface area (Å²) < 4.78 is 0. The van der Waals surface area contributed by atoms with Gasteiger partial charge in [0.05, 0.1) is 6.04 Å². The van der Waals surface area contributed by atoms with Crippen molar-refractivity contribution < 1.29 is 4.79 Å². The number of aromatic nitrogens is 1. The van der Waals surface area contributed by atoms with Crippen LogP contribution in [0.2, 0.25) is 0 Å². The maximum Gasteiger partial charge on any atom is 0.240 e. The van der Waals surface area contributed by atoms with E-state index in [1.165, 1.54) is 0 Å². The van der Waals surface area contributed by atoms with Gasteiger partial charge in [0.2, 0.25) is 5.91 Å². The van der Waals surface area contributed by atoms with E-state index in [1.54, 1.807) is 6.20 Å². The quantitative estimate of drug-likeness (QED) is 0.916. The zero-order chi connectivity index (χ0) is 14.5. The van der Waals surface area contributed by atoms with E-state index in [0.29, 0.717) is 12.5 Å². The summed E-state index contributed by atoms with van der Waals surface area (Å²) in [6.45, 7) is 7.88. The zero-order valence-corrected chi connectivity index (χ0v) is 12.7. The van der Waals surface area contributed by atoms with E-state index in [0.717, 1.165) is 24.9 Å². The van der Waals surface area contributed by atoms with Crippen LogP contribution in [-0.4, -0.2) is 34.4 Å². The third-order valence-electron chi connectivity index (χ3n) is 4.02. The van der Waals surface area contributed by atoms with Crippen LogP contribution in [0, 0.1) is 5.92 Å². The van der Waals surface area contributed by atoms with Gasteiger partial charge in [-0.05, 0) is 50.8 Å². The molecule has 1 aliphatic rings. The smallest absolute Gasteiger partial charge is 0.240 e. The molecule has 2 heterocycles. The SMILES string of the molecule is CC1CCCNC1C(=O)N(Cc1cccnc1)C(C)C. The average Bonchev–Trinajstić information content (AvgIpc) is 2.45. The van der Waals surface area contributed by atoms with E-state index in [2.05, 4.69) is 31.1 Å². The Labute approximate surface area is 121 Å². The minimum absolute atomic E-state index is 0.0391. The van der Waals surface area contributed by atoms with Crippen molar-refractivity contribution in [3.63, 3.8) is 0 Å². The summed E-state index contributed by atoms with van der Waals surface area (Å²) in [7, 11) is 0. The van der Waals surface area contributed by atoms with Gasteiger partial charge in [0.25, 0.3) is 0 Å². The third kappa shape index (κ3) is 3.57. The monoisotopic (exact) mass is 275 g/mol. The predicted octanol–water partition coefficient (Wildman–Crippen LogP) is 2.21. The molecule has 1 fully saturated rings. The van der Waals surface area contributed by atoms with Gasteiger partial charge in [-0.15, -0.1) is 0 Å². The van der Waals surface area contributed by atoms with Crippen LogP contribution in [0.5, 0.6) is 0 Å². The number of nitrogens with zero attached hydrogens (tertiary/aromatic N) is 2. The molecule has 4 heteroatoms. The Morgan fingerprint density at radius 3 is 2.95 bits per heavy atom. The Kier molecular flexibility index (Phi) is 5.12. The first-order valence-corrected chi connectivity index (χ1v) is 7.52. The molecule has 0 spiro atoms. The van der Waals surface area contributed by atoms with Crippen molar-refractivity contribution in [1.29, 1.82) is 0 Å². The molecule has 20 heavy (non-hydrogen) atoms. The molecule has 2 rings (SSSR count). The second kappa shape index (κ2) is 6.84. The first-order chi connectivity index (χ1) is 9.59. The summed E-state index contributed by atoms with van der Waals surface area (Å²) >= 11 is 0. The molecule has 0 aliphatic carbocycles. The number of carbonyl (C=O) groups is 1.